The van der Waals surface area contributed by atoms with E-state index in [1.807, 2.05) is 35.8 Å². The van der Waals surface area contributed by atoms with E-state index in [1.165, 1.54) is 28.4 Å². The van der Waals surface area contributed by atoms with Crippen molar-refractivity contribution in [1.29, 1.82) is 0 Å². The summed E-state index contributed by atoms with van der Waals surface area (Å²) in [6.45, 7) is 0. The summed E-state index contributed by atoms with van der Waals surface area (Å²) >= 11 is 3.90. The Bertz CT molecular complexity index is 1460. The maximum Gasteiger partial charge on any atom is 0.352 e. The summed E-state index contributed by atoms with van der Waals surface area (Å²) in [5.41, 5.74) is 1.50. The summed E-state index contributed by atoms with van der Waals surface area (Å²) in [7, 11) is 0. The molecule has 4 heterocycles. The van der Waals surface area contributed by atoms with Gasteiger partial charge in [-0.2, -0.15) is 0 Å². The summed E-state index contributed by atoms with van der Waals surface area (Å²) in [6.07, 6.45) is 10.8. The van der Waals surface area contributed by atoms with Crippen LogP contribution in [0.4, 0.5) is 5.13 Å². The van der Waals surface area contributed by atoms with Gasteiger partial charge in [-0.25, -0.2) is 9.78 Å². The SMILES string of the molecule is O=CNc1nc(C(=NOC2C=CCC2)C(=O)NC2C(=O)N3C(C(=O)O)=C(CS/C=C\c4cccnc4)CS[C@@H]23)cs1. The fraction of sp³-hybridized carbons (Fsp3) is 0.269. The van der Waals surface area contributed by atoms with Gasteiger partial charge < -0.3 is 20.6 Å². The Morgan fingerprint density at radius 3 is 2.98 bits per heavy atom. The molecule has 15 heteroatoms. The molecule has 0 radical (unpaired) electrons. The summed E-state index contributed by atoms with van der Waals surface area (Å²) in [4.78, 5) is 64.5. The average molecular weight is 613 g/mol. The van der Waals surface area contributed by atoms with Gasteiger partial charge in [0, 0.05) is 29.3 Å². The molecule has 0 bridgehead atoms. The molecule has 0 saturated carbocycles. The molecule has 0 aromatic carbocycles. The lowest BCUT2D eigenvalue weighted by atomic mass is 10.0. The van der Waals surface area contributed by atoms with E-state index >= 15 is 0 Å². The first-order valence-electron chi connectivity index (χ1n) is 12.4. The monoisotopic (exact) mass is 612 g/mol. The van der Waals surface area contributed by atoms with E-state index in [4.69, 9.17) is 4.84 Å². The number of hydrogen-bond acceptors (Lipinski definition) is 11. The molecule has 1 aliphatic carbocycles. The highest BCUT2D eigenvalue weighted by molar-refractivity contribution is 8.02. The van der Waals surface area contributed by atoms with Crippen molar-refractivity contribution in [2.75, 3.05) is 16.8 Å². The molecular formula is C26H24N6O6S3. The van der Waals surface area contributed by atoms with E-state index in [-0.39, 0.29) is 28.3 Å². The molecule has 0 spiro atoms. The first-order valence-corrected chi connectivity index (χ1v) is 15.4. The zero-order valence-electron chi connectivity index (χ0n) is 21.3. The first kappa shape index (κ1) is 28.6. The van der Waals surface area contributed by atoms with Gasteiger partial charge in [0.25, 0.3) is 11.8 Å². The third-order valence-corrected chi connectivity index (χ3v) is 9.18. The molecule has 3 aliphatic rings. The van der Waals surface area contributed by atoms with Crippen LogP contribution in [0.2, 0.25) is 0 Å². The van der Waals surface area contributed by atoms with Gasteiger partial charge in [0.2, 0.25) is 6.41 Å². The number of β-lactam (4-membered cyclic amide) rings is 1. The number of aromatic nitrogens is 2. The second-order valence-electron chi connectivity index (χ2n) is 8.91. The van der Waals surface area contributed by atoms with E-state index in [2.05, 4.69) is 25.8 Å². The van der Waals surface area contributed by atoms with Crippen LogP contribution in [-0.2, 0) is 24.0 Å². The number of aliphatic carboxylic acids is 1. The number of carbonyl (C=O) groups excluding carboxylic acids is 3. The highest BCUT2D eigenvalue weighted by Gasteiger charge is 2.54. The molecule has 41 heavy (non-hydrogen) atoms. The fourth-order valence-electron chi connectivity index (χ4n) is 4.27. The molecule has 3 N–H and O–H groups in total. The van der Waals surface area contributed by atoms with E-state index in [9.17, 15) is 24.3 Å². The van der Waals surface area contributed by atoms with E-state index < -0.39 is 29.2 Å². The minimum atomic E-state index is -1.20. The number of allylic oxidation sites excluding steroid dienone is 1. The zero-order chi connectivity index (χ0) is 28.8. The molecule has 5 rings (SSSR count). The lowest BCUT2D eigenvalue weighted by Gasteiger charge is -2.49. The predicted molar refractivity (Wildman–Crippen MR) is 157 cm³/mol. The van der Waals surface area contributed by atoms with Gasteiger partial charge in [0.05, 0.1) is 0 Å². The predicted octanol–water partition coefficient (Wildman–Crippen LogP) is 2.69. The topological polar surface area (TPSA) is 163 Å². The quantitative estimate of drug-likeness (QED) is 0.107. The van der Waals surface area contributed by atoms with Crippen molar-refractivity contribution < 1.29 is 29.1 Å². The summed E-state index contributed by atoms with van der Waals surface area (Å²) in [5.74, 6) is -1.64. The molecule has 3 atom stereocenters. The van der Waals surface area contributed by atoms with E-state index in [1.54, 1.807) is 17.8 Å². The number of nitrogens with zero attached hydrogens (tertiary/aromatic N) is 4. The Hall–Kier alpha value is -3.95. The number of fused-ring (bicyclic) bond motifs is 1. The number of pyridine rings is 1. The van der Waals surface area contributed by atoms with Crippen LogP contribution < -0.4 is 10.6 Å². The third kappa shape index (κ3) is 6.52. The van der Waals surface area contributed by atoms with Crippen molar-refractivity contribution in [2.45, 2.75) is 30.4 Å². The number of carbonyl (C=O) groups is 4. The van der Waals surface area contributed by atoms with Crippen LogP contribution >= 0.6 is 34.9 Å². The van der Waals surface area contributed by atoms with Crippen molar-refractivity contribution in [1.82, 2.24) is 20.2 Å². The molecule has 1 saturated heterocycles. The van der Waals surface area contributed by atoms with Gasteiger partial charge in [0.15, 0.2) is 10.8 Å². The number of carboxylic acids is 1. The van der Waals surface area contributed by atoms with Gasteiger partial charge in [-0.3, -0.25) is 24.3 Å². The molecule has 12 nitrogen and oxygen atoms in total. The molecule has 2 aromatic rings. The zero-order valence-corrected chi connectivity index (χ0v) is 23.8. The van der Waals surface area contributed by atoms with Gasteiger partial charge in [-0.15, -0.1) is 34.9 Å². The van der Waals surface area contributed by atoms with Gasteiger partial charge in [-0.05, 0) is 47.6 Å². The van der Waals surface area contributed by atoms with Gasteiger partial charge in [0.1, 0.15) is 28.9 Å². The molecule has 2 aromatic heterocycles. The number of carboxylic acid groups (broad SMARTS) is 1. The van der Waals surface area contributed by atoms with Crippen molar-refractivity contribution >= 4 is 76.0 Å². The smallest absolute Gasteiger partial charge is 0.352 e. The normalized spacial score (nSPS) is 22.0. The second kappa shape index (κ2) is 13.1. The molecule has 1 fully saturated rings. The van der Waals surface area contributed by atoms with Crippen molar-refractivity contribution in [3.8, 4) is 0 Å². The van der Waals surface area contributed by atoms with E-state index in [0.717, 1.165) is 23.3 Å². The fourth-order valence-corrected chi connectivity index (χ4v) is 7.19. The minimum Gasteiger partial charge on any atom is -0.477 e. The molecular weight excluding hydrogens is 589 g/mol. The van der Waals surface area contributed by atoms with Crippen LogP contribution in [0, 0.1) is 0 Å². The number of nitrogens with one attached hydrogen (secondary N) is 2. The molecule has 2 aliphatic heterocycles. The summed E-state index contributed by atoms with van der Waals surface area (Å²) < 4.78 is 0. The lowest BCUT2D eigenvalue weighted by molar-refractivity contribution is -0.150. The maximum absolute atomic E-state index is 13.3. The molecule has 2 unspecified atom stereocenters. The number of hydrogen-bond donors (Lipinski definition) is 3. The van der Waals surface area contributed by atoms with Crippen LogP contribution in [0.15, 0.2) is 63.9 Å². The number of rotatable bonds is 12. The van der Waals surface area contributed by atoms with Gasteiger partial charge in [-0.1, -0.05) is 17.3 Å². The highest BCUT2D eigenvalue weighted by atomic mass is 32.2. The number of amides is 3. The first-order chi connectivity index (χ1) is 20.0. The maximum atomic E-state index is 13.3. The van der Waals surface area contributed by atoms with Crippen LogP contribution in [0.3, 0.4) is 0 Å². The standard InChI is InChI=1S/C26H24N6O6S3/c33-14-28-26-29-18(13-41-26)19(31-38-17-5-1-2-6-17)22(34)30-20-23(35)32-21(25(36)37)16(12-40-24(20)32)11-39-9-7-15-4-3-8-27-10-15/h1,3-5,7-10,13-14,17,20,24H,2,6,11-12H2,(H,30,34)(H,36,37)(H,28,29,33)/b9-7-,31-19?/t17?,20?,24-/m0/s1. The lowest BCUT2D eigenvalue weighted by Crippen LogP contribution is -2.71. The number of thioether (sulfide) groups is 2. The summed E-state index contributed by atoms with van der Waals surface area (Å²) in [6, 6.07) is 2.78. The number of thiazole rings is 1. The summed E-state index contributed by atoms with van der Waals surface area (Å²) in [5, 5.41) is 22.2. The molecule has 212 valence electrons. The van der Waals surface area contributed by atoms with Crippen LogP contribution in [0.1, 0.15) is 24.1 Å². The van der Waals surface area contributed by atoms with Crippen molar-refractivity contribution in [3.05, 3.63) is 70.0 Å². The largest absolute Gasteiger partial charge is 0.477 e. The Labute approximate surface area is 247 Å². The second-order valence-corrected chi connectivity index (χ2v) is 11.8. The third-order valence-electron chi connectivity index (χ3n) is 6.23. The van der Waals surface area contributed by atoms with Crippen molar-refractivity contribution in [3.63, 3.8) is 0 Å². The number of anilines is 1. The van der Waals surface area contributed by atoms with Crippen LogP contribution in [0.25, 0.3) is 6.08 Å². The Morgan fingerprint density at radius 2 is 2.24 bits per heavy atom. The Morgan fingerprint density at radius 1 is 1.37 bits per heavy atom. The van der Waals surface area contributed by atoms with E-state index in [0.29, 0.717) is 29.9 Å². The Balaban J connectivity index is 1.28. The average Bonchev–Trinajstić information content (AvgIpc) is 3.67. The minimum absolute atomic E-state index is 0.0548. The molecule has 3 amide bonds. The van der Waals surface area contributed by atoms with Crippen LogP contribution in [0.5, 0.6) is 0 Å². The Kier molecular flexibility index (Phi) is 9.16. The van der Waals surface area contributed by atoms with Crippen molar-refractivity contribution in [2.24, 2.45) is 5.16 Å². The van der Waals surface area contributed by atoms with Crippen LogP contribution in [-0.4, -0.2) is 78.9 Å². The van der Waals surface area contributed by atoms with Gasteiger partial charge >= 0.3 is 5.97 Å². The number of oxime groups is 1. The highest BCUT2D eigenvalue weighted by Crippen LogP contribution is 2.41.